The second-order valence-corrected chi connectivity index (χ2v) is 6.93. The number of hydrogen-bond acceptors (Lipinski definition) is 3. The lowest BCUT2D eigenvalue weighted by atomic mass is 10.1. The van der Waals surface area contributed by atoms with Crippen LogP contribution < -0.4 is 5.73 Å². The molecular formula is C20H24N2O3. The number of carbonyl (C=O) groups excluding carboxylic acids is 2. The van der Waals surface area contributed by atoms with Gasteiger partial charge in [-0.15, -0.1) is 0 Å². The third kappa shape index (κ3) is 4.29. The molecule has 5 nitrogen and oxygen atoms in total. The van der Waals surface area contributed by atoms with Gasteiger partial charge < -0.3 is 15.1 Å². The summed E-state index contributed by atoms with van der Waals surface area (Å²) < 4.78 is 5.85. The number of nitrogens with two attached hydrogens (primary N) is 1. The molecule has 2 N–H and O–H groups in total. The van der Waals surface area contributed by atoms with Crippen molar-refractivity contribution in [3.8, 4) is 0 Å². The summed E-state index contributed by atoms with van der Waals surface area (Å²) in [7, 11) is 1.78. The molecule has 0 unspecified atom stereocenters. The lowest BCUT2D eigenvalue weighted by Gasteiger charge is -2.17. The minimum absolute atomic E-state index is 0.0664. The second-order valence-electron chi connectivity index (χ2n) is 6.93. The fourth-order valence-corrected chi connectivity index (χ4v) is 3.00. The van der Waals surface area contributed by atoms with Crippen molar-refractivity contribution in [1.82, 2.24) is 4.90 Å². The average Bonchev–Trinajstić information content (AvgIpc) is 3.14. The highest BCUT2D eigenvalue weighted by molar-refractivity contribution is 5.92. The molecule has 0 radical (unpaired) electrons. The summed E-state index contributed by atoms with van der Waals surface area (Å²) in [6.07, 6.45) is 2.23. The zero-order chi connectivity index (χ0) is 18.0. The Labute approximate surface area is 147 Å². The van der Waals surface area contributed by atoms with Crippen LogP contribution in [0.25, 0.3) is 0 Å². The summed E-state index contributed by atoms with van der Waals surface area (Å²) in [5.74, 6) is 2.83. The Bertz CT molecular complexity index is 764. The van der Waals surface area contributed by atoms with E-state index in [0.717, 1.165) is 17.1 Å². The summed E-state index contributed by atoms with van der Waals surface area (Å²) >= 11 is 0. The fourth-order valence-electron chi connectivity index (χ4n) is 3.00. The normalized spacial score (nSPS) is 18.8. The molecule has 0 aliphatic heterocycles. The van der Waals surface area contributed by atoms with Crippen LogP contribution >= 0.6 is 0 Å². The summed E-state index contributed by atoms with van der Waals surface area (Å²) in [4.78, 5) is 25.1. The van der Waals surface area contributed by atoms with Gasteiger partial charge in [0.2, 0.25) is 11.8 Å². The predicted octanol–water partition coefficient (Wildman–Crippen LogP) is 3.09. The first-order valence-electron chi connectivity index (χ1n) is 8.65. The van der Waals surface area contributed by atoms with Crippen LogP contribution in [0, 0.1) is 5.92 Å². The van der Waals surface area contributed by atoms with E-state index >= 15 is 0 Å². The number of hydrogen-bond donors (Lipinski definition) is 1. The molecule has 2 amide bonds. The van der Waals surface area contributed by atoms with Crippen molar-refractivity contribution in [2.75, 3.05) is 7.05 Å². The van der Waals surface area contributed by atoms with Crippen LogP contribution in [-0.4, -0.2) is 23.8 Å². The maximum atomic E-state index is 12.3. The van der Waals surface area contributed by atoms with Gasteiger partial charge in [-0.25, -0.2) is 0 Å². The number of furan rings is 1. The van der Waals surface area contributed by atoms with Gasteiger partial charge in [-0.05, 0) is 42.2 Å². The molecule has 0 bridgehead atoms. The van der Waals surface area contributed by atoms with E-state index in [9.17, 15) is 9.59 Å². The van der Waals surface area contributed by atoms with Gasteiger partial charge in [-0.2, -0.15) is 0 Å². The molecule has 2 aromatic rings. The van der Waals surface area contributed by atoms with Crippen molar-refractivity contribution < 1.29 is 14.0 Å². The minimum Gasteiger partial charge on any atom is -0.466 e. The minimum atomic E-state index is -0.450. The molecule has 0 saturated heterocycles. The van der Waals surface area contributed by atoms with Crippen molar-refractivity contribution in [3.05, 3.63) is 59.0 Å². The average molecular weight is 340 g/mol. The van der Waals surface area contributed by atoms with Crippen molar-refractivity contribution in [3.63, 3.8) is 0 Å². The zero-order valence-electron chi connectivity index (χ0n) is 14.7. The molecule has 132 valence electrons. The number of nitrogens with zero attached hydrogens (tertiary/aromatic N) is 1. The van der Waals surface area contributed by atoms with E-state index in [2.05, 4.69) is 6.92 Å². The molecule has 25 heavy (non-hydrogen) atoms. The van der Waals surface area contributed by atoms with Gasteiger partial charge in [-0.3, -0.25) is 9.59 Å². The van der Waals surface area contributed by atoms with Gasteiger partial charge in [0.05, 0.1) is 0 Å². The summed E-state index contributed by atoms with van der Waals surface area (Å²) in [5, 5.41) is 0. The van der Waals surface area contributed by atoms with Gasteiger partial charge in [0.15, 0.2) is 0 Å². The molecule has 1 saturated carbocycles. The predicted molar refractivity (Wildman–Crippen MR) is 95.0 cm³/mol. The van der Waals surface area contributed by atoms with Crippen molar-refractivity contribution in [2.24, 2.45) is 11.7 Å². The van der Waals surface area contributed by atoms with Gasteiger partial charge in [0, 0.05) is 37.9 Å². The first kappa shape index (κ1) is 17.3. The number of carbonyl (C=O) groups is 2. The molecule has 1 aromatic carbocycles. The largest absolute Gasteiger partial charge is 0.466 e. The van der Waals surface area contributed by atoms with Crippen LogP contribution in [0.2, 0.25) is 0 Å². The lowest BCUT2D eigenvalue weighted by Crippen LogP contribution is -2.26. The standard InChI is InChI=1S/C20H24N2O3/c1-13-11-17(13)18-9-7-16(25-18)8-10-19(23)22(2)12-14-3-5-15(6-4-14)20(21)24/h3-7,9,13,17H,8,10-12H2,1-2H3,(H2,21,24)/t13-,17-/m0/s1. The molecule has 1 aromatic heterocycles. The van der Waals surface area contributed by atoms with E-state index in [4.69, 9.17) is 10.2 Å². The third-order valence-electron chi connectivity index (χ3n) is 4.83. The maximum Gasteiger partial charge on any atom is 0.248 e. The van der Waals surface area contributed by atoms with Crippen LogP contribution in [0.1, 0.15) is 53.1 Å². The number of aryl methyl sites for hydroxylation is 1. The molecule has 1 aliphatic rings. The lowest BCUT2D eigenvalue weighted by molar-refractivity contribution is -0.130. The Hall–Kier alpha value is -2.56. The van der Waals surface area contributed by atoms with Gasteiger partial charge in [0.1, 0.15) is 11.5 Å². The van der Waals surface area contributed by atoms with Crippen molar-refractivity contribution in [2.45, 2.75) is 38.6 Å². The van der Waals surface area contributed by atoms with E-state index in [1.54, 1.807) is 24.1 Å². The molecule has 0 spiro atoms. The van der Waals surface area contributed by atoms with Crippen LogP contribution in [0.3, 0.4) is 0 Å². The molecule has 3 rings (SSSR count). The molecule has 1 heterocycles. The van der Waals surface area contributed by atoms with E-state index < -0.39 is 5.91 Å². The van der Waals surface area contributed by atoms with Crippen molar-refractivity contribution >= 4 is 11.8 Å². The number of rotatable bonds is 7. The Kier molecular flexibility index (Phi) is 4.93. The van der Waals surface area contributed by atoms with E-state index in [-0.39, 0.29) is 5.91 Å². The highest BCUT2D eigenvalue weighted by Crippen LogP contribution is 2.47. The number of amides is 2. The fraction of sp³-hybridized carbons (Fsp3) is 0.400. The number of benzene rings is 1. The Morgan fingerprint density at radius 3 is 2.48 bits per heavy atom. The highest BCUT2D eigenvalue weighted by Gasteiger charge is 2.36. The highest BCUT2D eigenvalue weighted by atomic mass is 16.3. The maximum absolute atomic E-state index is 12.3. The number of primary amides is 1. The topological polar surface area (TPSA) is 76.5 Å². The molecular weight excluding hydrogens is 316 g/mol. The summed E-state index contributed by atoms with van der Waals surface area (Å²) in [6, 6.07) is 11.0. The van der Waals surface area contributed by atoms with Crippen molar-refractivity contribution in [1.29, 1.82) is 0 Å². The second kappa shape index (κ2) is 7.13. The SMILES string of the molecule is C[C@H]1C[C@@H]1c1ccc(CCC(=O)N(C)Cc2ccc(C(N)=O)cc2)o1. The van der Waals surface area contributed by atoms with Crippen LogP contribution in [-0.2, 0) is 17.8 Å². The first-order valence-corrected chi connectivity index (χ1v) is 8.65. The first-order chi connectivity index (χ1) is 11.9. The van der Waals surface area contributed by atoms with Crippen LogP contribution in [0.15, 0.2) is 40.8 Å². The Balaban J connectivity index is 1.48. The monoisotopic (exact) mass is 340 g/mol. The van der Waals surface area contributed by atoms with Gasteiger partial charge in [0.25, 0.3) is 0 Å². The summed E-state index contributed by atoms with van der Waals surface area (Å²) in [6.45, 7) is 2.72. The Morgan fingerprint density at radius 2 is 1.88 bits per heavy atom. The third-order valence-corrected chi connectivity index (χ3v) is 4.83. The van der Waals surface area contributed by atoms with E-state index in [0.29, 0.717) is 36.8 Å². The Morgan fingerprint density at radius 1 is 1.20 bits per heavy atom. The van der Waals surface area contributed by atoms with Gasteiger partial charge >= 0.3 is 0 Å². The summed E-state index contributed by atoms with van der Waals surface area (Å²) in [5.41, 5.74) is 6.66. The van der Waals surface area contributed by atoms with E-state index in [1.807, 2.05) is 24.3 Å². The zero-order valence-corrected chi connectivity index (χ0v) is 14.7. The van der Waals surface area contributed by atoms with Gasteiger partial charge in [-0.1, -0.05) is 19.1 Å². The molecule has 1 fully saturated rings. The molecule has 2 atom stereocenters. The quantitative estimate of drug-likeness (QED) is 0.841. The van der Waals surface area contributed by atoms with Crippen LogP contribution in [0.5, 0.6) is 0 Å². The van der Waals surface area contributed by atoms with Crippen LogP contribution in [0.4, 0.5) is 0 Å². The van der Waals surface area contributed by atoms with E-state index in [1.165, 1.54) is 6.42 Å². The smallest absolute Gasteiger partial charge is 0.248 e. The molecule has 5 heteroatoms. The molecule has 1 aliphatic carbocycles.